The number of fused-ring (bicyclic) bond motifs is 2. The molecule has 2 aliphatic rings. The molecule has 3 atom stereocenters. The van der Waals surface area contributed by atoms with Crippen LogP contribution in [0.15, 0.2) is 30.3 Å². The highest BCUT2D eigenvalue weighted by Crippen LogP contribution is 2.59. The Morgan fingerprint density at radius 3 is 2.16 bits per heavy atom. The maximum absolute atomic E-state index is 5.70. The monoisotopic (exact) mass is 256 g/mol. The van der Waals surface area contributed by atoms with Gasteiger partial charge in [0.05, 0.1) is 0 Å². The van der Waals surface area contributed by atoms with Crippen molar-refractivity contribution in [2.45, 2.75) is 51.7 Å². The Kier molecular flexibility index (Phi) is 3.25. The van der Waals surface area contributed by atoms with Gasteiger partial charge in [-0.2, -0.15) is 0 Å². The molecule has 102 valence electrons. The van der Waals surface area contributed by atoms with Gasteiger partial charge in [-0.15, -0.1) is 0 Å². The molecule has 0 N–H and O–H groups in total. The summed E-state index contributed by atoms with van der Waals surface area (Å²) >= 11 is 0. The Balaban J connectivity index is 1.86. The van der Waals surface area contributed by atoms with E-state index in [1.165, 1.54) is 37.5 Å². The van der Waals surface area contributed by atoms with Gasteiger partial charge in [0.2, 0.25) is 0 Å². The minimum atomic E-state index is 0.465. The quantitative estimate of drug-likeness (QED) is 0.701. The first-order valence-corrected chi connectivity index (χ1v) is 7.60. The average Bonchev–Trinajstić information content (AvgIpc) is 2.36. The van der Waals surface area contributed by atoms with Crippen LogP contribution in [0.4, 0.5) is 0 Å². The number of rotatable bonds is 2. The molecule has 1 aliphatic carbocycles. The van der Waals surface area contributed by atoms with Gasteiger partial charge in [0.15, 0.2) is 0 Å². The van der Waals surface area contributed by atoms with E-state index >= 15 is 0 Å². The minimum Gasteiger partial charge on any atom is -0.438 e. The van der Waals surface area contributed by atoms with Gasteiger partial charge in [0, 0.05) is 7.11 Å². The van der Waals surface area contributed by atoms with E-state index in [2.05, 4.69) is 44.2 Å². The molecule has 0 amide bonds. The van der Waals surface area contributed by atoms with Crippen LogP contribution in [-0.4, -0.2) is 14.0 Å². The molecule has 1 nitrogen and oxygen atoms in total. The van der Waals surface area contributed by atoms with E-state index < -0.39 is 0 Å². The molecule has 0 radical (unpaired) electrons. The third-order valence-electron chi connectivity index (χ3n) is 5.38. The lowest BCUT2D eigenvalue weighted by Gasteiger charge is -2.54. The van der Waals surface area contributed by atoms with E-state index in [4.69, 9.17) is 4.65 Å². The van der Waals surface area contributed by atoms with Crippen LogP contribution < -0.4 is 0 Å². The molecule has 2 bridgehead atoms. The van der Waals surface area contributed by atoms with Crippen LogP contribution in [0.3, 0.4) is 0 Å². The summed E-state index contributed by atoms with van der Waals surface area (Å²) in [5.41, 5.74) is 2.47. The SMILES string of the molecule is COB1C[C@@]2(C)CC(c3ccccc3)C[C@@](C)(C1)C2. The summed E-state index contributed by atoms with van der Waals surface area (Å²) in [6.07, 6.45) is 6.51. The average molecular weight is 256 g/mol. The summed E-state index contributed by atoms with van der Waals surface area (Å²) in [6, 6.07) is 11.1. The van der Waals surface area contributed by atoms with Crippen LogP contribution in [0.5, 0.6) is 0 Å². The van der Waals surface area contributed by atoms with Crippen molar-refractivity contribution in [3.05, 3.63) is 35.9 Å². The molecule has 2 heteroatoms. The highest BCUT2D eigenvalue weighted by atomic mass is 16.4. The van der Waals surface area contributed by atoms with E-state index in [-0.39, 0.29) is 0 Å². The summed E-state index contributed by atoms with van der Waals surface area (Å²) in [5.74, 6) is 0.739. The van der Waals surface area contributed by atoms with E-state index in [0.29, 0.717) is 17.7 Å². The van der Waals surface area contributed by atoms with Gasteiger partial charge in [-0.1, -0.05) is 44.2 Å². The number of benzene rings is 1. The maximum Gasteiger partial charge on any atom is 0.293 e. The first-order valence-electron chi connectivity index (χ1n) is 7.60. The summed E-state index contributed by atoms with van der Waals surface area (Å²) in [4.78, 5) is 0. The first kappa shape index (κ1) is 13.2. The summed E-state index contributed by atoms with van der Waals surface area (Å²) < 4.78 is 5.70. The molecule has 1 saturated carbocycles. The van der Waals surface area contributed by atoms with Crippen molar-refractivity contribution in [2.75, 3.05) is 7.11 Å². The van der Waals surface area contributed by atoms with Gasteiger partial charge in [-0.25, -0.2) is 0 Å². The molecule has 1 aromatic carbocycles. The molecule has 0 aromatic heterocycles. The summed E-state index contributed by atoms with van der Waals surface area (Å²) in [7, 11) is 1.88. The van der Waals surface area contributed by atoms with Gasteiger partial charge in [-0.05, 0) is 54.2 Å². The fraction of sp³-hybridized carbons (Fsp3) is 0.647. The molecular weight excluding hydrogens is 231 g/mol. The van der Waals surface area contributed by atoms with Crippen molar-refractivity contribution in [1.29, 1.82) is 0 Å². The highest BCUT2D eigenvalue weighted by Gasteiger charge is 2.50. The van der Waals surface area contributed by atoms with Crippen LogP contribution in [0.25, 0.3) is 0 Å². The number of hydrogen-bond acceptors (Lipinski definition) is 1. The molecule has 2 fully saturated rings. The van der Waals surface area contributed by atoms with Crippen LogP contribution in [0, 0.1) is 10.8 Å². The molecule has 1 aliphatic heterocycles. The summed E-state index contributed by atoms with van der Waals surface area (Å²) in [5, 5.41) is 0. The van der Waals surface area contributed by atoms with Gasteiger partial charge < -0.3 is 4.65 Å². The molecule has 19 heavy (non-hydrogen) atoms. The lowest BCUT2D eigenvalue weighted by atomic mass is 9.37. The van der Waals surface area contributed by atoms with E-state index in [1.807, 2.05) is 7.11 Å². The molecule has 1 unspecified atom stereocenters. The Hall–Kier alpha value is -0.755. The molecule has 1 heterocycles. The Morgan fingerprint density at radius 2 is 1.63 bits per heavy atom. The molecule has 0 spiro atoms. The standard InChI is InChI=1S/C17H25BO/c1-16-9-15(14-7-5-4-6-8-14)10-17(2,11-16)13-18(12-16)19-3/h4-8,15H,9-13H2,1-3H3/t15?,16-,17+. The van der Waals surface area contributed by atoms with Crippen molar-refractivity contribution in [1.82, 2.24) is 0 Å². The van der Waals surface area contributed by atoms with E-state index in [9.17, 15) is 0 Å². The Bertz CT molecular complexity index is 426. The normalized spacial score (nSPS) is 38.3. The lowest BCUT2D eigenvalue weighted by molar-refractivity contribution is 0.0728. The van der Waals surface area contributed by atoms with Gasteiger partial charge in [0.1, 0.15) is 0 Å². The smallest absolute Gasteiger partial charge is 0.293 e. The predicted molar refractivity (Wildman–Crippen MR) is 81.6 cm³/mol. The van der Waals surface area contributed by atoms with Crippen molar-refractivity contribution in [3.8, 4) is 0 Å². The van der Waals surface area contributed by atoms with Crippen molar-refractivity contribution in [2.24, 2.45) is 10.8 Å². The Morgan fingerprint density at radius 1 is 1.05 bits per heavy atom. The van der Waals surface area contributed by atoms with Crippen molar-refractivity contribution < 1.29 is 4.65 Å². The highest BCUT2D eigenvalue weighted by molar-refractivity contribution is 6.52. The van der Waals surface area contributed by atoms with Crippen LogP contribution in [0.2, 0.25) is 12.6 Å². The lowest BCUT2D eigenvalue weighted by Crippen LogP contribution is -2.46. The molecule has 1 saturated heterocycles. The maximum atomic E-state index is 5.70. The minimum absolute atomic E-state index is 0.465. The second-order valence-corrected chi connectivity index (χ2v) is 7.58. The molecular formula is C17H25BO. The van der Waals surface area contributed by atoms with Crippen LogP contribution >= 0.6 is 0 Å². The fourth-order valence-electron chi connectivity index (χ4n) is 5.05. The van der Waals surface area contributed by atoms with Crippen LogP contribution in [-0.2, 0) is 4.65 Å². The van der Waals surface area contributed by atoms with Gasteiger partial charge >= 0.3 is 0 Å². The third kappa shape index (κ3) is 2.60. The zero-order valence-corrected chi connectivity index (χ0v) is 12.5. The molecule has 3 rings (SSSR count). The second kappa shape index (κ2) is 4.66. The third-order valence-corrected chi connectivity index (χ3v) is 5.38. The largest absolute Gasteiger partial charge is 0.438 e. The zero-order chi connectivity index (χ0) is 13.5. The van der Waals surface area contributed by atoms with Crippen molar-refractivity contribution >= 4 is 6.92 Å². The van der Waals surface area contributed by atoms with Crippen LogP contribution in [0.1, 0.15) is 44.6 Å². The van der Waals surface area contributed by atoms with Gasteiger partial charge in [0.25, 0.3) is 6.92 Å². The topological polar surface area (TPSA) is 9.23 Å². The Labute approximate surface area is 117 Å². The first-order chi connectivity index (χ1) is 9.02. The number of hydrogen-bond donors (Lipinski definition) is 0. The second-order valence-electron chi connectivity index (χ2n) is 7.58. The predicted octanol–water partition coefficient (Wildman–Crippen LogP) is 4.62. The molecule has 1 aromatic rings. The van der Waals surface area contributed by atoms with Gasteiger partial charge in [-0.3, -0.25) is 0 Å². The summed E-state index contributed by atoms with van der Waals surface area (Å²) in [6.45, 7) is 5.43. The fourth-order valence-corrected chi connectivity index (χ4v) is 5.05. The van der Waals surface area contributed by atoms with E-state index in [1.54, 1.807) is 0 Å². The van der Waals surface area contributed by atoms with E-state index in [0.717, 1.165) is 5.92 Å². The van der Waals surface area contributed by atoms with Crippen molar-refractivity contribution in [3.63, 3.8) is 0 Å². The zero-order valence-electron chi connectivity index (χ0n) is 12.5.